The van der Waals surface area contributed by atoms with Gasteiger partial charge in [-0.15, -0.1) is 0 Å². The summed E-state index contributed by atoms with van der Waals surface area (Å²) in [5, 5.41) is 0.543. The maximum atomic E-state index is 14.2. The largest absolute Gasteiger partial charge is 0.372 e. The van der Waals surface area contributed by atoms with E-state index >= 15 is 0 Å². The molecule has 0 fully saturated rings. The summed E-state index contributed by atoms with van der Waals surface area (Å²) in [6.07, 6.45) is 0.837. The predicted octanol–water partition coefficient (Wildman–Crippen LogP) is 3.46. The maximum absolute atomic E-state index is 14.2. The third-order valence-corrected chi connectivity index (χ3v) is 6.18. The summed E-state index contributed by atoms with van der Waals surface area (Å²) >= 11 is 1.36. The summed E-state index contributed by atoms with van der Waals surface area (Å²) in [7, 11) is 4.18. The highest BCUT2D eigenvalue weighted by molar-refractivity contribution is 7.22. The molecular weight excluding hydrogens is 399 g/mol. The zero-order valence-corrected chi connectivity index (χ0v) is 18.9. The zero-order chi connectivity index (χ0) is 21.7. The number of rotatable bonds is 9. The summed E-state index contributed by atoms with van der Waals surface area (Å²) in [6, 6.07) is 12.6. The lowest BCUT2D eigenvalue weighted by molar-refractivity contribution is -0.858. The van der Waals surface area contributed by atoms with Crippen LogP contribution < -0.4 is 14.7 Å². The molecular formula is C23H30FN4OS+. The Labute approximate surface area is 181 Å². The molecule has 0 aliphatic rings. The van der Waals surface area contributed by atoms with E-state index in [1.54, 1.807) is 11.0 Å². The Morgan fingerprint density at radius 3 is 2.40 bits per heavy atom. The fourth-order valence-corrected chi connectivity index (χ4v) is 4.46. The second kappa shape index (κ2) is 10.00. The molecule has 160 valence electrons. The lowest BCUT2D eigenvalue weighted by Gasteiger charge is -2.23. The molecule has 0 bridgehead atoms. The van der Waals surface area contributed by atoms with E-state index in [0.717, 1.165) is 36.4 Å². The highest BCUT2D eigenvalue weighted by Gasteiger charge is 2.22. The number of amides is 1. The zero-order valence-electron chi connectivity index (χ0n) is 18.1. The number of fused-ring (bicyclic) bond motifs is 1. The summed E-state index contributed by atoms with van der Waals surface area (Å²) < 4.78 is 14.9. The van der Waals surface area contributed by atoms with Crippen molar-refractivity contribution in [1.82, 2.24) is 4.98 Å². The minimum atomic E-state index is -0.358. The van der Waals surface area contributed by atoms with Crippen LogP contribution in [-0.2, 0) is 0 Å². The van der Waals surface area contributed by atoms with E-state index in [4.69, 9.17) is 0 Å². The van der Waals surface area contributed by atoms with Gasteiger partial charge in [0.1, 0.15) is 11.3 Å². The molecule has 1 aromatic heterocycles. The molecule has 1 amide bonds. The van der Waals surface area contributed by atoms with Gasteiger partial charge in [-0.3, -0.25) is 9.69 Å². The number of halogens is 1. The Morgan fingerprint density at radius 2 is 1.80 bits per heavy atom. The topological polar surface area (TPSA) is 40.9 Å². The van der Waals surface area contributed by atoms with E-state index in [-0.39, 0.29) is 11.7 Å². The van der Waals surface area contributed by atoms with Crippen molar-refractivity contribution >= 4 is 38.3 Å². The Morgan fingerprint density at radius 1 is 1.10 bits per heavy atom. The van der Waals surface area contributed by atoms with E-state index in [1.807, 2.05) is 30.3 Å². The third kappa shape index (κ3) is 4.96. The average molecular weight is 430 g/mol. The number of hydrogen-bond acceptors (Lipinski definition) is 4. The molecule has 0 radical (unpaired) electrons. The van der Waals surface area contributed by atoms with Gasteiger partial charge in [0, 0.05) is 37.3 Å². The van der Waals surface area contributed by atoms with Crippen LogP contribution in [0, 0.1) is 5.82 Å². The van der Waals surface area contributed by atoms with Gasteiger partial charge in [0.05, 0.1) is 25.3 Å². The Kier molecular flexibility index (Phi) is 7.39. The molecule has 0 saturated heterocycles. The van der Waals surface area contributed by atoms with Gasteiger partial charge in [-0.25, -0.2) is 9.37 Å². The first-order valence-electron chi connectivity index (χ1n) is 10.5. The van der Waals surface area contributed by atoms with E-state index in [0.29, 0.717) is 22.8 Å². The molecule has 0 aliphatic heterocycles. The molecule has 3 aromatic rings. The van der Waals surface area contributed by atoms with Gasteiger partial charge in [-0.1, -0.05) is 17.4 Å². The van der Waals surface area contributed by atoms with Gasteiger partial charge in [0.15, 0.2) is 5.13 Å². The third-order valence-electron chi connectivity index (χ3n) is 5.14. The van der Waals surface area contributed by atoms with Crippen LogP contribution in [0.5, 0.6) is 0 Å². The molecule has 0 spiro atoms. The van der Waals surface area contributed by atoms with Crippen LogP contribution in [-0.4, -0.2) is 51.2 Å². The van der Waals surface area contributed by atoms with Crippen molar-refractivity contribution in [3.63, 3.8) is 0 Å². The predicted molar refractivity (Wildman–Crippen MR) is 124 cm³/mol. The van der Waals surface area contributed by atoms with E-state index in [9.17, 15) is 9.18 Å². The van der Waals surface area contributed by atoms with Crippen LogP contribution in [0.25, 0.3) is 10.2 Å². The second-order valence-corrected chi connectivity index (χ2v) is 8.58. The van der Waals surface area contributed by atoms with Crippen molar-refractivity contribution in [3.05, 3.63) is 53.8 Å². The van der Waals surface area contributed by atoms with Crippen LogP contribution in [0.1, 0.15) is 30.6 Å². The molecule has 1 N–H and O–H groups in total. The summed E-state index contributed by atoms with van der Waals surface area (Å²) in [6.45, 7) is 7.54. The van der Waals surface area contributed by atoms with Crippen LogP contribution in [0.2, 0.25) is 0 Å². The van der Waals surface area contributed by atoms with Crippen molar-refractivity contribution in [1.29, 1.82) is 0 Å². The minimum absolute atomic E-state index is 0.102. The van der Waals surface area contributed by atoms with E-state index in [2.05, 4.69) is 37.8 Å². The first kappa shape index (κ1) is 22.2. The number of nitrogens with one attached hydrogen (secondary N) is 1. The second-order valence-electron chi connectivity index (χ2n) is 7.57. The highest BCUT2D eigenvalue weighted by Crippen LogP contribution is 2.31. The number of anilines is 2. The van der Waals surface area contributed by atoms with Crippen molar-refractivity contribution in [2.45, 2.75) is 20.3 Å². The lowest BCUT2D eigenvalue weighted by atomic mass is 10.1. The summed E-state index contributed by atoms with van der Waals surface area (Å²) in [5.74, 6) is -0.460. The fraction of sp³-hybridized carbons (Fsp3) is 0.391. The lowest BCUT2D eigenvalue weighted by Crippen LogP contribution is -3.05. The first-order chi connectivity index (χ1) is 14.4. The maximum Gasteiger partial charge on any atom is 0.260 e. The standard InChI is InChI=1S/C23H29FN4OS/c1-5-27(6-2)18-13-11-17(12-14-18)22(29)28(16-8-15-26(3)4)23-25-21-19(24)9-7-10-20(21)30-23/h7,9-14H,5-6,8,15-16H2,1-4H3/p+1. The van der Waals surface area contributed by atoms with Gasteiger partial charge in [-0.05, 0) is 50.2 Å². The number of quaternary nitrogens is 1. The number of hydrogen-bond donors (Lipinski definition) is 1. The molecule has 0 saturated carbocycles. The van der Waals surface area contributed by atoms with Crippen molar-refractivity contribution in [3.8, 4) is 0 Å². The van der Waals surface area contributed by atoms with Gasteiger partial charge < -0.3 is 9.80 Å². The van der Waals surface area contributed by atoms with E-state index < -0.39 is 0 Å². The Bertz CT molecular complexity index is 983. The summed E-state index contributed by atoms with van der Waals surface area (Å²) in [4.78, 5) is 23.1. The number of carbonyl (C=O) groups excluding carboxylic acids is 1. The Hall–Kier alpha value is -2.51. The van der Waals surface area contributed by atoms with Crippen LogP contribution >= 0.6 is 11.3 Å². The number of aromatic nitrogens is 1. The van der Waals surface area contributed by atoms with Gasteiger partial charge in [0.25, 0.3) is 5.91 Å². The molecule has 30 heavy (non-hydrogen) atoms. The molecule has 7 heteroatoms. The van der Waals surface area contributed by atoms with Crippen LogP contribution in [0.4, 0.5) is 15.2 Å². The number of para-hydroxylation sites is 1. The molecule has 0 aliphatic carbocycles. The van der Waals surface area contributed by atoms with Gasteiger partial charge in [-0.2, -0.15) is 0 Å². The highest BCUT2D eigenvalue weighted by atomic mass is 32.1. The van der Waals surface area contributed by atoms with Crippen LogP contribution in [0.3, 0.4) is 0 Å². The van der Waals surface area contributed by atoms with Gasteiger partial charge in [0.2, 0.25) is 0 Å². The molecule has 5 nitrogen and oxygen atoms in total. The molecule has 0 atom stereocenters. The fourth-order valence-electron chi connectivity index (χ4n) is 3.45. The number of benzene rings is 2. The molecule has 0 unspecified atom stereocenters. The minimum Gasteiger partial charge on any atom is -0.372 e. The normalized spacial score (nSPS) is 11.3. The average Bonchev–Trinajstić information content (AvgIpc) is 3.17. The quantitative estimate of drug-likeness (QED) is 0.566. The van der Waals surface area contributed by atoms with Crippen LogP contribution in [0.15, 0.2) is 42.5 Å². The first-order valence-corrected chi connectivity index (χ1v) is 11.3. The molecule has 3 rings (SSSR count). The number of carbonyl (C=O) groups is 1. The number of nitrogens with zero attached hydrogens (tertiary/aromatic N) is 3. The monoisotopic (exact) mass is 429 g/mol. The van der Waals surface area contributed by atoms with Crippen molar-refractivity contribution in [2.75, 3.05) is 50.1 Å². The summed E-state index contributed by atoms with van der Waals surface area (Å²) in [5.41, 5.74) is 2.04. The van der Waals surface area contributed by atoms with Gasteiger partial charge >= 0.3 is 0 Å². The SMILES string of the molecule is CCN(CC)c1ccc(C(=O)N(CCC[NH+](C)C)c2nc3c(F)cccc3s2)cc1. The molecule has 2 aromatic carbocycles. The van der Waals surface area contributed by atoms with Crippen molar-refractivity contribution in [2.24, 2.45) is 0 Å². The smallest absolute Gasteiger partial charge is 0.260 e. The molecule has 1 heterocycles. The van der Waals surface area contributed by atoms with E-state index in [1.165, 1.54) is 22.3 Å². The van der Waals surface area contributed by atoms with Crippen molar-refractivity contribution < 1.29 is 14.1 Å². The number of thiazole rings is 1. The Balaban J connectivity index is 1.90.